The van der Waals surface area contributed by atoms with Gasteiger partial charge in [0, 0.05) is 19.6 Å². The maximum Gasteiger partial charge on any atom is 0.170 e. The number of rotatable bonds is 2. The Balaban J connectivity index is 2.34. The van der Waals surface area contributed by atoms with E-state index < -0.39 is 0 Å². The summed E-state index contributed by atoms with van der Waals surface area (Å²) in [6.45, 7) is 6.85. The zero-order valence-electron chi connectivity index (χ0n) is 10.5. The highest BCUT2D eigenvalue weighted by Gasteiger charge is 2.24. The van der Waals surface area contributed by atoms with Crippen molar-refractivity contribution in [3.05, 3.63) is 5.56 Å². The fraction of sp³-hybridized carbons (Fsp3) is 0.667. The van der Waals surface area contributed by atoms with Gasteiger partial charge in [-0.3, -0.25) is 0 Å². The summed E-state index contributed by atoms with van der Waals surface area (Å²) in [5.74, 6) is 1.91. The minimum absolute atomic E-state index is 0.489. The highest BCUT2D eigenvalue weighted by Crippen LogP contribution is 2.28. The quantitative estimate of drug-likeness (QED) is 0.842. The summed E-state index contributed by atoms with van der Waals surface area (Å²) < 4.78 is 1.70. The van der Waals surface area contributed by atoms with Gasteiger partial charge in [-0.25, -0.2) is 4.68 Å². The summed E-state index contributed by atoms with van der Waals surface area (Å²) in [4.78, 5) is 2.19. The van der Waals surface area contributed by atoms with E-state index in [0.717, 1.165) is 25.3 Å². The molecule has 2 rings (SSSR count). The summed E-state index contributed by atoms with van der Waals surface area (Å²) in [6.07, 6.45) is 2.41. The Kier molecular flexibility index (Phi) is 3.23. The lowest BCUT2D eigenvalue weighted by molar-refractivity contribution is 0.443. The van der Waals surface area contributed by atoms with Crippen LogP contribution in [0.4, 0.5) is 11.6 Å². The summed E-state index contributed by atoms with van der Waals surface area (Å²) in [5.41, 5.74) is 6.45. The molecule has 5 heteroatoms. The molecule has 1 aliphatic rings. The Morgan fingerprint density at radius 3 is 2.94 bits per heavy atom. The number of nitrogen functional groups attached to an aromatic ring is 1. The lowest BCUT2D eigenvalue weighted by Gasteiger charge is -2.31. The van der Waals surface area contributed by atoms with Gasteiger partial charge in [0.15, 0.2) is 5.82 Å². The van der Waals surface area contributed by atoms with Gasteiger partial charge in [-0.1, -0.05) is 6.92 Å². The maximum atomic E-state index is 9.19. The summed E-state index contributed by atoms with van der Waals surface area (Å²) in [5, 5.41) is 13.6. The van der Waals surface area contributed by atoms with E-state index in [1.807, 2.05) is 6.92 Å². The van der Waals surface area contributed by atoms with Crippen LogP contribution in [0.3, 0.4) is 0 Å². The Morgan fingerprint density at radius 2 is 2.35 bits per heavy atom. The molecule has 1 aromatic rings. The topological polar surface area (TPSA) is 70.9 Å². The molecular formula is C12H19N5. The van der Waals surface area contributed by atoms with Crippen LogP contribution in [0.15, 0.2) is 0 Å². The van der Waals surface area contributed by atoms with E-state index in [9.17, 15) is 5.26 Å². The molecule has 1 fully saturated rings. The first-order valence-electron chi connectivity index (χ1n) is 6.18. The number of nitriles is 1. The van der Waals surface area contributed by atoms with Gasteiger partial charge in [0.25, 0.3) is 0 Å². The van der Waals surface area contributed by atoms with Gasteiger partial charge in [0.1, 0.15) is 17.5 Å². The number of piperidine rings is 1. The van der Waals surface area contributed by atoms with Gasteiger partial charge in [-0.05, 0) is 25.7 Å². The molecular weight excluding hydrogens is 214 g/mol. The van der Waals surface area contributed by atoms with E-state index in [-0.39, 0.29) is 0 Å². The average Bonchev–Trinajstić information content (AvgIpc) is 2.65. The average molecular weight is 233 g/mol. The van der Waals surface area contributed by atoms with Gasteiger partial charge >= 0.3 is 0 Å². The summed E-state index contributed by atoms with van der Waals surface area (Å²) in [7, 11) is 0. The van der Waals surface area contributed by atoms with Gasteiger partial charge in [-0.15, -0.1) is 0 Å². The molecule has 2 heterocycles. The summed E-state index contributed by atoms with van der Waals surface area (Å²) >= 11 is 0. The van der Waals surface area contributed by atoms with Crippen molar-refractivity contribution in [2.45, 2.75) is 33.2 Å². The van der Waals surface area contributed by atoms with Crippen molar-refractivity contribution in [3.63, 3.8) is 0 Å². The Hall–Kier alpha value is -1.70. The lowest BCUT2D eigenvalue weighted by atomic mass is 10.0. The monoisotopic (exact) mass is 233 g/mol. The van der Waals surface area contributed by atoms with Crippen molar-refractivity contribution in [2.24, 2.45) is 5.92 Å². The number of anilines is 2. The molecule has 17 heavy (non-hydrogen) atoms. The van der Waals surface area contributed by atoms with Crippen LogP contribution in [-0.4, -0.2) is 22.9 Å². The molecule has 2 N–H and O–H groups in total. The smallest absolute Gasteiger partial charge is 0.170 e. The molecule has 0 aromatic carbocycles. The van der Waals surface area contributed by atoms with Gasteiger partial charge in [0.05, 0.1) is 0 Å². The van der Waals surface area contributed by atoms with Crippen LogP contribution in [0.1, 0.15) is 32.3 Å². The summed E-state index contributed by atoms with van der Waals surface area (Å²) in [6, 6.07) is 2.18. The molecule has 5 nitrogen and oxygen atoms in total. The number of aryl methyl sites for hydroxylation is 1. The molecule has 1 atom stereocenters. The number of aromatic nitrogens is 2. The van der Waals surface area contributed by atoms with E-state index in [1.165, 1.54) is 6.42 Å². The third-order valence-electron chi connectivity index (χ3n) is 3.34. The molecule has 0 spiro atoms. The van der Waals surface area contributed by atoms with Crippen molar-refractivity contribution in [2.75, 3.05) is 23.7 Å². The second-order valence-electron chi connectivity index (χ2n) is 4.70. The molecule has 1 aromatic heterocycles. The molecule has 0 aliphatic carbocycles. The highest BCUT2D eigenvalue weighted by atomic mass is 15.4. The van der Waals surface area contributed by atoms with Crippen LogP contribution in [0, 0.1) is 17.2 Å². The molecule has 0 saturated carbocycles. The normalized spacial score (nSPS) is 20.3. The Labute approximate surface area is 102 Å². The maximum absolute atomic E-state index is 9.19. The van der Waals surface area contributed by atoms with Gasteiger partial charge in [-0.2, -0.15) is 10.4 Å². The van der Waals surface area contributed by atoms with Gasteiger partial charge in [0.2, 0.25) is 0 Å². The first kappa shape index (κ1) is 11.8. The zero-order chi connectivity index (χ0) is 12.4. The second-order valence-corrected chi connectivity index (χ2v) is 4.70. The van der Waals surface area contributed by atoms with E-state index in [1.54, 1.807) is 4.68 Å². The lowest BCUT2D eigenvalue weighted by Crippen LogP contribution is -2.35. The Bertz CT molecular complexity index is 442. The largest absolute Gasteiger partial charge is 0.383 e. The van der Waals surface area contributed by atoms with E-state index in [2.05, 4.69) is 23.0 Å². The van der Waals surface area contributed by atoms with Crippen molar-refractivity contribution in [3.8, 4) is 6.07 Å². The van der Waals surface area contributed by atoms with Crippen LogP contribution in [0.5, 0.6) is 0 Å². The number of hydrogen-bond donors (Lipinski definition) is 1. The van der Waals surface area contributed by atoms with Crippen LogP contribution in [-0.2, 0) is 6.54 Å². The van der Waals surface area contributed by atoms with Crippen molar-refractivity contribution in [1.82, 2.24) is 9.78 Å². The van der Waals surface area contributed by atoms with Crippen LogP contribution in [0.2, 0.25) is 0 Å². The minimum atomic E-state index is 0.489. The predicted molar refractivity (Wildman–Crippen MR) is 67.6 cm³/mol. The minimum Gasteiger partial charge on any atom is -0.383 e. The fourth-order valence-corrected chi connectivity index (χ4v) is 2.41. The van der Waals surface area contributed by atoms with Crippen molar-refractivity contribution < 1.29 is 0 Å². The molecule has 1 saturated heterocycles. The first-order valence-corrected chi connectivity index (χ1v) is 6.18. The first-order chi connectivity index (χ1) is 8.17. The standard InChI is InChI=1S/C12H19N5/c1-3-17-11(14)10(7-13)12(15-17)16-6-4-5-9(2)8-16/h9H,3-6,8,14H2,1-2H3. The predicted octanol–water partition coefficient (Wildman–Crippen LogP) is 1.59. The van der Waals surface area contributed by atoms with E-state index in [4.69, 9.17) is 5.73 Å². The van der Waals surface area contributed by atoms with E-state index in [0.29, 0.717) is 23.8 Å². The second kappa shape index (κ2) is 4.66. The number of hydrogen-bond acceptors (Lipinski definition) is 4. The third kappa shape index (κ3) is 2.07. The number of nitrogens with two attached hydrogens (primary N) is 1. The molecule has 0 bridgehead atoms. The SMILES string of the molecule is CCn1nc(N2CCCC(C)C2)c(C#N)c1N. The molecule has 1 unspecified atom stereocenters. The molecule has 0 radical (unpaired) electrons. The third-order valence-corrected chi connectivity index (χ3v) is 3.34. The molecule has 0 amide bonds. The van der Waals surface area contributed by atoms with Crippen LogP contribution < -0.4 is 10.6 Å². The van der Waals surface area contributed by atoms with Crippen molar-refractivity contribution >= 4 is 11.6 Å². The van der Waals surface area contributed by atoms with Crippen LogP contribution in [0.25, 0.3) is 0 Å². The van der Waals surface area contributed by atoms with Crippen molar-refractivity contribution in [1.29, 1.82) is 5.26 Å². The van der Waals surface area contributed by atoms with Crippen LogP contribution >= 0.6 is 0 Å². The fourth-order valence-electron chi connectivity index (χ4n) is 2.41. The van der Waals surface area contributed by atoms with Gasteiger partial charge < -0.3 is 10.6 Å². The highest BCUT2D eigenvalue weighted by molar-refractivity contribution is 5.65. The van der Waals surface area contributed by atoms with E-state index >= 15 is 0 Å². The molecule has 1 aliphatic heterocycles. The molecule has 92 valence electrons. The number of nitrogens with zero attached hydrogens (tertiary/aromatic N) is 4. The zero-order valence-corrected chi connectivity index (χ0v) is 10.5. The Morgan fingerprint density at radius 1 is 1.59 bits per heavy atom.